The lowest BCUT2D eigenvalue weighted by molar-refractivity contribution is -0.162. The summed E-state index contributed by atoms with van der Waals surface area (Å²) in [5.74, 6) is -2.98. The number of carbonyl (C=O) groups excluding carboxylic acids is 2. The maximum Gasteiger partial charge on any atom is 0.432 e. The van der Waals surface area contributed by atoms with Gasteiger partial charge < -0.3 is 14.6 Å². The maximum atomic E-state index is 14.8. The van der Waals surface area contributed by atoms with Gasteiger partial charge in [-0.25, -0.2) is 4.39 Å². The van der Waals surface area contributed by atoms with Crippen LogP contribution in [0.2, 0.25) is 10.0 Å². The molecule has 6 rings (SSSR count). The third kappa shape index (κ3) is 5.81. The molecule has 2 bridgehead atoms. The zero-order chi connectivity index (χ0) is 31.5. The van der Waals surface area contributed by atoms with Crippen LogP contribution >= 0.6 is 23.2 Å². The molecule has 1 aromatic carbocycles. The Balaban J connectivity index is 1.53. The average molecular weight is 647 g/mol. The Hall–Kier alpha value is -2.59. The van der Waals surface area contributed by atoms with E-state index in [4.69, 9.17) is 23.2 Å². The minimum absolute atomic E-state index is 0.00664. The fraction of sp³-hybridized carbons (Fsp3) is 0.581. The molecule has 4 saturated carbocycles. The number of amides is 1. The quantitative estimate of drug-likeness (QED) is 0.188. The number of benzene rings is 1. The summed E-state index contributed by atoms with van der Waals surface area (Å²) in [5.41, 5.74) is -3.54. The van der Waals surface area contributed by atoms with Crippen LogP contribution in [-0.4, -0.2) is 49.6 Å². The number of fused-ring (bicyclic) bond motifs is 3. The van der Waals surface area contributed by atoms with E-state index in [9.17, 15) is 37.1 Å². The predicted octanol–water partition coefficient (Wildman–Crippen LogP) is 8.09. The molecule has 2 N–H and O–H groups in total. The fourth-order valence-corrected chi connectivity index (χ4v) is 8.09. The van der Waals surface area contributed by atoms with Gasteiger partial charge in [-0.15, -0.1) is 0 Å². The number of hydrogen-bond donors (Lipinski definition) is 1. The van der Waals surface area contributed by atoms with Crippen LogP contribution in [0.3, 0.4) is 0 Å². The van der Waals surface area contributed by atoms with E-state index in [-0.39, 0.29) is 59.5 Å². The lowest BCUT2D eigenvalue weighted by atomic mass is 9.57. The van der Waals surface area contributed by atoms with Gasteiger partial charge in [0.05, 0.1) is 21.0 Å². The molecule has 0 saturated heterocycles. The summed E-state index contributed by atoms with van der Waals surface area (Å²) in [7, 11) is 0. The van der Waals surface area contributed by atoms with E-state index in [1.54, 1.807) is 0 Å². The molecular weight excluding hydrogens is 611 g/mol. The van der Waals surface area contributed by atoms with Crippen LogP contribution in [0.5, 0.6) is 0 Å². The largest absolute Gasteiger partial charge is 0.481 e. The Labute approximate surface area is 257 Å². The van der Waals surface area contributed by atoms with Crippen LogP contribution in [0, 0.1) is 16.6 Å². The van der Waals surface area contributed by atoms with E-state index in [2.05, 4.69) is 13.8 Å². The smallest absolute Gasteiger partial charge is 0.432 e. The van der Waals surface area contributed by atoms with Gasteiger partial charge in [-0.3, -0.25) is 14.4 Å². The minimum Gasteiger partial charge on any atom is -0.481 e. The Bertz CT molecular complexity index is 1410. The molecule has 2 aromatic rings. The number of aliphatic carboxylic acids is 1. The number of nitrogens with zero attached hydrogens (tertiary/aromatic N) is 2. The third-order valence-corrected chi connectivity index (χ3v) is 10.8. The molecule has 4 aliphatic carbocycles. The molecule has 43 heavy (non-hydrogen) atoms. The molecule has 1 heterocycles. The third-order valence-electron chi connectivity index (χ3n) is 10.2. The lowest BCUT2D eigenvalue weighted by Gasteiger charge is -2.52. The van der Waals surface area contributed by atoms with Crippen LogP contribution in [0.1, 0.15) is 99.7 Å². The van der Waals surface area contributed by atoms with Crippen molar-refractivity contribution >= 4 is 40.9 Å². The highest BCUT2D eigenvalue weighted by Gasteiger charge is 2.55. The highest BCUT2D eigenvalue weighted by molar-refractivity contribution is 6.40. The fourth-order valence-electron chi connectivity index (χ4n) is 7.41. The average Bonchev–Trinajstić information content (AvgIpc) is 3.39. The number of aromatic nitrogens is 1. The first-order chi connectivity index (χ1) is 20.0. The van der Waals surface area contributed by atoms with Crippen molar-refractivity contribution in [1.29, 1.82) is 0 Å². The summed E-state index contributed by atoms with van der Waals surface area (Å²) in [4.78, 5) is 38.5. The Morgan fingerprint density at radius 2 is 1.56 bits per heavy atom. The van der Waals surface area contributed by atoms with Crippen LogP contribution in [0.4, 0.5) is 17.6 Å². The summed E-state index contributed by atoms with van der Waals surface area (Å²) in [6.07, 6.45) is 0.510. The van der Waals surface area contributed by atoms with Gasteiger partial charge >= 0.3 is 17.9 Å². The molecule has 0 spiro atoms. The first kappa shape index (κ1) is 31.8. The summed E-state index contributed by atoms with van der Waals surface area (Å²) >= 11 is 12.3. The van der Waals surface area contributed by atoms with E-state index in [0.717, 1.165) is 29.5 Å². The maximum absolute atomic E-state index is 14.8. The van der Waals surface area contributed by atoms with Crippen LogP contribution in [0.25, 0.3) is 0 Å². The van der Waals surface area contributed by atoms with Crippen molar-refractivity contribution in [3.63, 3.8) is 0 Å². The highest BCUT2D eigenvalue weighted by Crippen LogP contribution is 2.57. The summed E-state index contributed by atoms with van der Waals surface area (Å²) in [5, 5.41) is 9.38. The predicted molar refractivity (Wildman–Crippen MR) is 155 cm³/mol. The van der Waals surface area contributed by atoms with Gasteiger partial charge in [-0.2, -0.15) is 13.2 Å². The zero-order valence-corrected chi connectivity index (χ0v) is 25.5. The topological polar surface area (TPSA) is 83.9 Å². The second-order valence-electron chi connectivity index (χ2n) is 13.3. The molecule has 1 aromatic heterocycles. The van der Waals surface area contributed by atoms with Gasteiger partial charge in [0.2, 0.25) is 0 Å². The molecule has 6 nitrogen and oxygen atoms in total. The molecule has 4 aliphatic rings. The molecule has 12 heteroatoms. The van der Waals surface area contributed by atoms with E-state index in [0.29, 0.717) is 12.8 Å². The number of carbonyl (C=O) groups is 2. The summed E-state index contributed by atoms with van der Waals surface area (Å²) in [6.45, 7) is 3.71. The molecule has 0 radical (unpaired) electrons. The molecule has 0 aliphatic heterocycles. The molecule has 234 valence electrons. The van der Waals surface area contributed by atoms with Crippen molar-refractivity contribution in [2.24, 2.45) is 10.8 Å². The number of carboxylic acids is 1. The van der Waals surface area contributed by atoms with E-state index >= 15 is 0 Å². The van der Waals surface area contributed by atoms with Crippen molar-refractivity contribution < 1.29 is 37.1 Å². The minimum atomic E-state index is -4.88. The standard InChI is InChI=1S/C31H34Cl2F4N2O4/c1-28(2)6-3-19(4-7-28)38(17-23(40)24-21(32)15-18(34)16-22(24)33)26(41)20-5-14-39(25(20)31(35,36)37)30-11-8-29(9-12-30,10-13-30)27(42)43/h5,14-16,19H,3-4,6-13,17H2,1-2H3,(H,42,43)/p+1. The molecule has 0 unspecified atom stereocenters. The van der Waals surface area contributed by atoms with Crippen LogP contribution in [0.15, 0.2) is 24.4 Å². The van der Waals surface area contributed by atoms with Gasteiger partial charge in [0.1, 0.15) is 23.6 Å². The van der Waals surface area contributed by atoms with Crippen molar-refractivity contribution in [1.82, 2.24) is 9.47 Å². The van der Waals surface area contributed by atoms with Gasteiger partial charge in [0.25, 0.3) is 5.91 Å². The van der Waals surface area contributed by atoms with Crippen molar-refractivity contribution in [2.45, 2.75) is 95.8 Å². The van der Waals surface area contributed by atoms with E-state index in [1.807, 2.05) is 0 Å². The lowest BCUT2D eigenvalue weighted by Crippen LogP contribution is -2.51. The Morgan fingerprint density at radius 1 is 1.02 bits per heavy atom. The highest BCUT2D eigenvalue weighted by atomic mass is 35.5. The van der Waals surface area contributed by atoms with Crippen LogP contribution in [-0.2, 0) is 16.5 Å². The molecular formula is C31H35Cl2F4N2O4+. The SMILES string of the molecule is CC1(C)CCC(N(CC(=[OH+])c2c(Cl)cc(F)cc2Cl)C(=O)c2ccn(C34CCC(C(=O)O)(CC3)CC4)c2C(F)(F)F)CC1. The number of carboxylic acid groups (broad SMARTS) is 1. The van der Waals surface area contributed by atoms with E-state index in [1.165, 1.54) is 17.2 Å². The van der Waals surface area contributed by atoms with Crippen molar-refractivity contribution in [3.8, 4) is 0 Å². The number of alkyl halides is 3. The molecule has 0 atom stereocenters. The first-order valence-corrected chi connectivity index (χ1v) is 15.3. The number of ketones is 1. The Morgan fingerprint density at radius 3 is 2.05 bits per heavy atom. The Kier molecular flexibility index (Phi) is 8.21. The molecule has 4 fully saturated rings. The number of halogens is 6. The number of rotatable bonds is 7. The van der Waals surface area contributed by atoms with Crippen molar-refractivity contribution in [3.05, 3.63) is 57.1 Å². The second-order valence-corrected chi connectivity index (χ2v) is 14.1. The summed E-state index contributed by atoms with van der Waals surface area (Å²) < 4.78 is 59.5. The van der Waals surface area contributed by atoms with Gasteiger partial charge in [-0.1, -0.05) is 37.0 Å². The number of hydrogen-bond acceptors (Lipinski definition) is 2. The van der Waals surface area contributed by atoms with Crippen molar-refractivity contribution in [2.75, 3.05) is 6.54 Å². The molecule has 1 amide bonds. The van der Waals surface area contributed by atoms with E-state index < -0.39 is 64.5 Å². The summed E-state index contributed by atoms with van der Waals surface area (Å²) in [6, 6.07) is 2.64. The first-order valence-electron chi connectivity index (χ1n) is 14.5. The van der Waals surface area contributed by atoms with Gasteiger partial charge in [0, 0.05) is 17.8 Å². The van der Waals surface area contributed by atoms with Crippen LogP contribution < -0.4 is 0 Å². The zero-order valence-electron chi connectivity index (χ0n) is 24.0. The normalized spacial score (nSPS) is 25.5. The van der Waals surface area contributed by atoms with Gasteiger partial charge in [0.15, 0.2) is 0 Å². The second kappa shape index (κ2) is 11.1. The van der Waals surface area contributed by atoms with Gasteiger partial charge in [-0.05, 0) is 87.8 Å². The monoisotopic (exact) mass is 645 g/mol.